The van der Waals surface area contributed by atoms with Crippen molar-refractivity contribution in [1.82, 2.24) is 0 Å². The molecule has 1 unspecified atom stereocenters. The average Bonchev–Trinajstić information content (AvgIpc) is 3.10. The van der Waals surface area contributed by atoms with Crippen molar-refractivity contribution in [2.24, 2.45) is 22.7 Å². The largest absolute Gasteiger partial charge is 0.465 e. The molecule has 1 aliphatic heterocycles. The predicted molar refractivity (Wildman–Crippen MR) is 137 cm³/mol. The second-order valence-corrected chi connectivity index (χ2v) is 12.7. The van der Waals surface area contributed by atoms with Crippen molar-refractivity contribution in [1.29, 1.82) is 0 Å². The van der Waals surface area contributed by atoms with Crippen molar-refractivity contribution >= 4 is 17.7 Å². The molecule has 8 nitrogen and oxygen atoms in total. The second-order valence-electron chi connectivity index (χ2n) is 12.7. The van der Waals surface area contributed by atoms with Crippen molar-refractivity contribution in [3.8, 4) is 0 Å². The van der Waals surface area contributed by atoms with Gasteiger partial charge in [-0.25, -0.2) is 4.79 Å². The van der Waals surface area contributed by atoms with Crippen LogP contribution in [-0.4, -0.2) is 62.6 Å². The Hall–Kier alpha value is -2.29. The molecule has 8 heteroatoms. The van der Waals surface area contributed by atoms with Gasteiger partial charge in [-0.05, 0) is 77.2 Å². The van der Waals surface area contributed by atoms with Crippen molar-refractivity contribution in [3.63, 3.8) is 0 Å². The van der Waals surface area contributed by atoms with E-state index in [1.54, 1.807) is 13.8 Å². The number of fused-ring (bicyclic) bond motifs is 5. The summed E-state index contributed by atoms with van der Waals surface area (Å²) in [5.41, 5.74) is -5.38. The van der Waals surface area contributed by atoms with Gasteiger partial charge >= 0.3 is 11.9 Å². The Morgan fingerprint density at radius 1 is 1.18 bits per heavy atom. The van der Waals surface area contributed by atoms with Crippen LogP contribution in [0.15, 0.2) is 34.9 Å². The zero-order valence-electron chi connectivity index (χ0n) is 23.0. The minimum atomic E-state index is -1.95. The van der Waals surface area contributed by atoms with Crippen LogP contribution in [0.25, 0.3) is 0 Å². The molecule has 0 radical (unpaired) electrons. The average molecular weight is 529 g/mol. The summed E-state index contributed by atoms with van der Waals surface area (Å²) in [6.07, 6.45) is 6.87. The monoisotopic (exact) mass is 528 g/mol. The lowest BCUT2D eigenvalue weighted by Crippen LogP contribution is -2.74. The van der Waals surface area contributed by atoms with Crippen LogP contribution in [0.4, 0.5) is 0 Å². The number of allylic oxidation sites excluding steroid dienone is 4. The lowest BCUT2D eigenvalue weighted by molar-refractivity contribution is -0.294. The molecule has 0 spiro atoms. The Bertz CT molecular complexity index is 1180. The molecule has 3 N–H and O–H groups in total. The molecule has 8 atom stereocenters. The van der Waals surface area contributed by atoms with E-state index in [0.717, 1.165) is 11.1 Å². The highest BCUT2D eigenvalue weighted by Crippen LogP contribution is 2.70. The van der Waals surface area contributed by atoms with Gasteiger partial charge in [-0.2, -0.15) is 0 Å². The molecular formula is C30H40O8. The van der Waals surface area contributed by atoms with Gasteiger partial charge in [0.1, 0.15) is 29.7 Å². The lowest BCUT2D eigenvalue weighted by Gasteiger charge is -2.63. The predicted octanol–water partition coefficient (Wildman–Crippen LogP) is 3.09. The second kappa shape index (κ2) is 8.60. The number of carbonyl (C=O) groups is 3. The molecule has 2 fully saturated rings. The van der Waals surface area contributed by atoms with E-state index in [4.69, 9.17) is 9.47 Å². The fourth-order valence-electron chi connectivity index (χ4n) is 8.68. The lowest BCUT2D eigenvalue weighted by atomic mass is 9.44. The number of ether oxygens (including phenoxy) is 2. The molecule has 0 aromatic carbocycles. The normalized spacial score (nSPS) is 43.9. The Balaban J connectivity index is 1.61. The van der Waals surface area contributed by atoms with Crippen LogP contribution in [0.2, 0.25) is 0 Å². The third-order valence-corrected chi connectivity index (χ3v) is 11.3. The van der Waals surface area contributed by atoms with Gasteiger partial charge in [0.15, 0.2) is 0 Å². The zero-order chi connectivity index (χ0) is 27.9. The van der Waals surface area contributed by atoms with Gasteiger partial charge < -0.3 is 24.8 Å². The highest BCUT2D eigenvalue weighted by Gasteiger charge is 2.78. The quantitative estimate of drug-likeness (QED) is 0.475. The molecule has 5 aliphatic rings. The summed E-state index contributed by atoms with van der Waals surface area (Å²) in [5, 5.41) is 37.3. The summed E-state index contributed by atoms with van der Waals surface area (Å²) in [5.74, 6) is -1.54. The minimum absolute atomic E-state index is 0.0257. The first-order valence-corrected chi connectivity index (χ1v) is 13.7. The number of Topliss-reactive ketones (excluding diaryl/α,β-unsaturated/α-hetero) is 1. The molecule has 1 heterocycles. The smallest absolute Gasteiger partial charge is 0.334 e. The Morgan fingerprint density at radius 2 is 1.89 bits per heavy atom. The molecule has 5 rings (SSSR count). The first-order chi connectivity index (χ1) is 17.7. The van der Waals surface area contributed by atoms with Crippen molar-refractivity contribution in [3.05, 3.63) is 34.9 Å². The standard InChI is InChI=1S/C30H40O8/c1-17-15-24(38-25(33)18(17)2)27(5,34)30(36)14-13-29(35)22-10-9-20-7-6-8-23(32)26(20,4)21(22)11-12-28(29,30)16-37-19(3)31/h6-7,9,21-22,24,34-36H,8,10-16H2,1-5H3/t21-,22+,24+,26-,27?,28+,29+,30+/m0/s1. The Labute approximate surface area is 223 Å². The van der Waals surface area contributed by atoms with Crippen molar-refractivity contribution in [2.75, 3.05) is 6.61 Å². The third-order valence-electron chi connectivity index (χ3n) is 11.3. The van der Waals surface area contributed by atoms with E-state index < -0.39 is 51.6 Å². The number of ketones is 1. The van der Waals surface area contributed by atoms with Crippen molar-refractivity contribution < 1.29 is 39.2 Å². The highest BCUT2D eigenvalue weighted by molar-refractivity contribution is 5.92. The van der Waals surface area contributed by atoms with E-state index in [-0.39, 0.29) is 44.0 Å². The molecule has 0 amide bonds. The third kappa shape index (κ3) is 3.29. The van der Waals surface area contributed by atoms with Gasteiger partial charge in [-0.1, -0.05) is 23.8 Å². The maximum Gasteiger partial charge on any atom is 0.334 e. The molecule has 0 aromatic heterocycles. The van der Waals surface area contributed by atoms with E-state index in [2.05, 4.69) is 0 Å². The summed E-state index contributed by atoms with van der Waals surface area (Å²) in [6.45, 7) is 7.88. The van der Waals surface area contributed by atoms with Crippen LogP contribution in [-0.2, 0) is 23.9 Å². The van der Waals surface area contributed by atoms with Gasteiger partial charge in [0.05, 0.1) is 16.4 Å². The number of hydrogen-bond acceptors (Lipinski definition) is 8. The molecule has 2 saturated carbocycles. The molecular weight excluding hydrogens is 488 g/mol. The van der Waals surface area contributed by atoms with Crippen LogP contribution in [0.1, 0.15) is 79.6 Å². The number of cyclic esters (lactones) is 1. The summed E-state index contributed by atoms with van der Waals surface area (Å²) >= 11 is 0. The van der Waals surface area contributed by atoms with Gasteiger partial charge in [0.2, 0.25) is 0 Å². The molecule has 208 valence electrons. The Morgan fingerprint density at radius 3 is 2.55 bits per heavy atom. The zero-order valence-corrected chi connectivity index (χ0v) is 23.0. The maximum atomic E-state index is 13.3. The van der Waals surface area contributed by atoms with Gasteiger partial charge in [0.25, 0.3) is 0 Å². The highest BCUT2D eigenvalue weighted by atomic mass is 16.6. The van der Waals surface area contributed by atoms with Crippen LogP contribution in [0, 0.1) is 22.7 Å². The topological polar surface area (TPSA) is 130 Å². The summed E-state index contributed by atoms with van der Waals surface area (Å²) < 4.78 is 11.2. The van der Waals surface area contributed by atoms with E-state index in [1.807, 2.05) is 25.2 Å². The molecule has 38 heavy (non-hydrogen) atoms. The molecule has 4 aliphatic carbocycles. The van der Waals surface area contributed by atoms with Gasteiger partial charge in [0, 0.05) is 25.3 Å². The number of aliphatic hydroxyl groups is 3. The SMILES string of the molecule is CC(=O)OC[C@]12CC[C@H]3[C@@H](CC=C4C=CCC(=O)[C@@]43C)[C@]1(O)CC[C@@]2(O)C(C)(O)[C@H]1CC(C)=C(C)C(=O)O1. The number of esters is 2. The fourth-order valence-corrected chi connectivity index (χ4v) is 8.68. The summed E-state index contributed by atoms with van der Waals surface area (Å²) in [6, 6.07) is 0. The van der Waals surface area contributed by atoms with Crippen LogP contribution in [0.3, 0.4) is 0 Å². The van der Waals surface area contributed by atoms with Crippen molar-refractivity contribution in [2.45, 2.75) is 102 Å². The van der Waals surface area contributed by atoms with Crippen LogP contribution in [0.5, 0.6) is 0 Å². The van der Waals surface area contributed by atoms with Gasteiger partial charge in [-0.3, -0.25) is 9.59 Å². The minimum Gasteiger partial charge on any atom is -0.465 e. The number of hydrogen-bond donors (Lipinski definition) is 3. The van der Waals surface area contributed by atoms with Crippen LogP contribution >= 0.6 is 0 Å². The number of rotatable bonds is 4. The van der Waals surface area contributed by atoms with E-state index in [1.165, 1.54) is 13.8 Å². The van der Waals surface area contributed by atoms with Gasteiger partial charge in [-0.15, -0.1) is 0 Å². The molecule has 0 bridgehead atoms. The summed E-state index contributed by atoms with van der Waals surface area (Å²) in [7, 11) is 0. The first kappa shape index (κ1) is 27.3. The molecule has 0 aromatic rings. The summed E-state index contributed by atoms with van der Waals surface area (Å²) in [4.78, 5) is 37.9. The number of carbonyl (C=O) groups excluding carboxylic acids is 3. The molecule has 0 saturated heterocycles. The van der Waals surface area contributed by atoms with E-state index in [0.29, 0.717) is 24.8 Å². The first-order valence-electron chi connectivity index (χ1n) is 13.7. The maximum absolute atomic E-state index is 13.3. The van der Waals surface area contributed by atoms with E-state index in [9.17, 15) is 29.7 Å². The van der Waals surface area contributed by atoms with E-state index >= 15 is 0 Å². The Kier molecular flexibility index (Phi) is 6.18. The van der Waals surface area contributed by atoms with Crippen LogP contribution < -0.4 is 0 Å². The fraction of sp³-hybridized carbons (Fsp3) is 0.700.